The van der Waals surface area contributed by atoms with Gasteiger partial charge in [-0.05, 0) is 37.8 Å². The molecule has 2 nitrogen and oxygen atoms in total. The van der Waals surface area contributed by atoms with Crippen molar-refractivity contribution in [2.75, 3.05) is 19.6 Å². The van der Waals surface area contributed by atoms with Crippen molar-refractivity contribution in [3.63, 3.8) is 0 Å². The molecule has 1 aromatic rings. The summed E-state index contributed by atoms with van der Waals surface area (Å²) in [7, 11) is 0. The van der Waals surface area contributed by atoms with Crippen LogP contribution in [-0.4, -0.2) is 41.5 Å². The Morgan fingerprint density at radius 1 is 1.15 bits per heavy atom. The summed E-state index contributed by atoms with van der Waals surface area (Å²) in [6.07, 6.45) is 5.29. The minimum absolute atomic E-state index is 0.601. The van der Waals surface area contributed by atoms with E-state index >= 15 is 0 Å². The Balaban J connectivity index is 1.82. The van der Waals surface area contributed by atoms with Crippen molar-refractivity contribution in [3.05, 3.63) is 35.9 Å². The first-order chi connectivity index (χ1) is 9.83. The first-order valence-corrected chi connectivity index (χ1v) is 8.38. The highest BCUT2D eigenvalue weighted by molar-refractivity contribution is 5.19. The van der Waals surface area contributed by atoms with E-state index < -0.39 is 0 Å². The molecule has 2 aliphatic heterocycles. The Kier molecular flexibility index (Phi) is 4.42. The zero-order valence-corrected chi connectivity index (χ0v) is 13.0. The molecule has 0 bridgehead atoms. The van der Waals surface area contributed by atoms with Crippen LogP contribution in [0.5, 0.6) is 0 Å². The van der Waals surface area contributed by atoms with Crippen molar-refractivity contribution in [3.8, 4) is 0 Å². The molecule has 2 aliphatic rings. The van der Waals surface area contributed by atoms with Crippen molar-refractivity contribution in [1.29, 1.82) is 0 Å². The molecular formula is C18H28N2. The molecule has 0 spiro atoms. The average Bonchev–Trinajstić information content (AvgIpc) is 2.95. The van der Waals surface area contributed by atoms with Crippen molar-refractivity contribution in [2.24, 2.45) is 0 Å². The Morgan fingerprint density at radius 3 is 2.65 bits per heavy atom. The SMILES string of the molecule is CCC1CN2CCCC2CN1C(CC)c1ccccc1. The van der Waals surface area contributed by atoms with Gasteiger partial charge in [0.25, 0.3) is 0 Å². The van der Waals surface area contributed by atoms with Crippen LogP contribution in [0.15, 0.2) is 30.3 Å². The van der Waals surface area contributed by atoms with E-state index in [1.807, 2.05) is 0 Å². The number of hydrogen-bond donors (Lipinski definition) is 0. The summed E-state index contributed by atoms with van der Waals surface area (Å²) < 4.78 is 0. The number of piperazine rings is 1. The van der Waals surface area contributed by atoms with Crippen LogP contribution in [0.4, 0.5) is 0 Å². The van der Waals surface area contributed by atoms with Gasteiger partial charge in [-0.1, -0.05) is 44.2 Å². The molecule has 0 saturated carbocycles. The third-order valence-electron chi connectivity index (χ3n) is 5.28. The van der Waals surface area contributed by atoms with E-state index in [4.69, 9.17) is 0 Å². The van der Waals surface area contributed by atoms with Gasteiger partial charge < -0.3 is 0 Å². The zero-order chi connectivity index (χ0) is 13.9. The van der Waals surface area contributed by atoms with Gasteiger partial charge >= 0.3 is 0 Å². The van der Waals surface area contributed by atoms with Gasteiger partial charge in [0.1, 0.15) is 0 Å². The quantitative estimate of drug-likeness (QED) is 0.824. The molecule has 2 fully saturated rings. The normalized spacial score (nSPS) is 29.3. The highest BCUT2D eigenvalue weighted by atomic mass is 15.3. The van der Waals surface area contributed by atoms with Crippen molar-refractivity contribution < 1.29 is 0 Å². The number of hydrogen-bond acceptors (Lipinski definition) is 2. The Morgan fingerprint density at radius 2 is 1.95 bits per heavy atom. The highest BCUT2D eigenvalue weighted by Crippen LogP contribution is 2.33. The van der Waals surface area contributed by atoms with Crippen LogP contribution >= 0.6 is 0 Å². The lowest BCUT2D eigenvalue weighted by atomic mass is 9.96. The third kappa shape index (κ3) is 2.64. The minimum Gasteiger partial charge on any atom is -0.298 e. The zero-order valence-electron chi connectivity index (χ0n) is 13.0. The molecule has 20 heavy (non-hydrogen) atoms. The molecule has 2 heterocycles. The molecule has 3 unspecified atom stereocenters. The lowest BCUT2D eigenvalue weighted by Gasteiger charge is -2.47. The summed E-state index contributed by atoms with van der Waals surface area (Å²) in [5.74, 6) is 0. The molecule has 0 radical (unpaired) electrons. The van der Waals surface area contributed by atoms with E-state index in [9.17, 15) is 0 Å². The molecule has 3 rings (SSSR count). The van der Waals surface area contributed by atoms with Gasteiger partial charge in [0, 0.05) is 31.2 Å². The number of benzene rings is 1. The standard InChI is InChI=1S/C18H28N2/c1-3-16-13-19-12-8-11-17(19)14-20(16)18(4-2)15-9-6-5-7-10-15/h5-7,9-10,16-18H,3-4,8,11-14H2,1-2H3. The van der Waals surface area contributed by atoms with Gasteiger partial charge in [-0.3, -0.25) is 9.80 Å². The molecule has 0 amide bonds. The first kappa shape index (κ1) is 14.1. The van der Waals surface area contributed by atoms with Crippen LogP contribution in [-0.2, 0) is 0 Å². The summed E-state index contributed by atoms with van der Waals surface area (Å²) in [5.41, 5.74) is 1.50. The number of nitrogens with zero attached hydrogens (tertiary/aromatic N) is 2. The molecular weight excluding hydrogens is 244 g/mol. The van der Waals surface area contributed by atoms with Crippen molar-refractivity contribution >= 4 is 0 Å². The fourth-order valence-electron chi connectivity index (χ4n) is 4.19. The average molecular weight is 272 g/mol. The summed E-state index contributed by atoms with van der Waals surface area (Å²) in [5, 5.41) is 0. The van der Waals surface area contributed by atoms with Crippen LogP contribution in [0, 0.1) is 0 Å². The van der Waals surface area contributed by atoms with E-state index in [2.05, 4.69) is 54.0 Å². The highest BCUT2D eigenvalue weighted by Gasteiger charge is 2.38. The Hall–Kier alpha value is -0.860. The summed E-state index contributed by atoms with van der Waals surface area (Å²) >= 11 is 0. The van der Waals surface area contributed by atoms with E-state index in [-0.39, 0.29) is 0 Å². The van der Waals surface area contributed by atoms with Crippen molar-refractivity contribution in [1.82, 2.24) is 9.80 Å². The summed E-state index contributed by atoms with van der Waals surface area (Å²) in [4.78, 5) is 5.55. The molecule has 2 heteroatoms. The first-order valence-electron chi connectivity index (χ1n) is 8.38. The second kappa shape index (κ2) is 6.28. The predicted molar refractivity (Wildman–Crippen MR) is 84.9 cm³/mol. The molecule has 110 valence electrons. The van der Waals surface area contributed by atoms with E-state index in [0.29, 0.717) is 6.04 Å². The number of rotatable bonds is 4. The lowest BCUT2D eigenvalue weighted by Crippen LogP contribution is -2.56. The van der Waals surface area contributed by atoms with Crippen LogP contribution in [0.25, 0.3) is 0 Å². The van der Waals surface area contributed by atoms with Gasteiger partial charge in [0.05, 0.1) is 0 Å². The van der Waals surface area contributed by atoms with Gasteiger partial charge in [-0.2, -0.15) is 0 Å². The van der Waals surface area contributed by atoms with E-state index in [0.717, 1.165) is 12.1 Å². The maximum atomic E-state index is 2.81. The second-order valence-electron chi connectivity index (χ2n) is 6.38. The molecule has 0 N–H and O–H groups in total. The fourth-order valence-corrected chi connectivity index (χ4v) is 4.19. The largest absolute Gasteiger partial charge is 0.298 e. The molecule has 0 aliphatic carbocycles. The molecule has 0 aromatic heterocycles. The molecule has 3 atom stereocenters. The lowest BCUT2D eigenvalue weighted by molar-refractivity contribution is 0.0162. The minimum atomic E-state index is 0.601. The van der Waals surface area contributed by atoms with Crippen LogP contribution in [0.3, 0.4) is 0 Å². The second-order valence-corrected chi connectivity index (χ2v) is 6.38. The smallest absolute Gasteiger partial charge is 0.0349 e. The Bertz CT molecular complexity index is 417. The van der Waals surface area contributed by atoms with Crippen LogP contribution < -0.4 is 0 Å². The Labute approximate surface area is 123 Å². The van der Waals surface area contributed by atoms with Gasteiger partial charge in [-0.15, -0.1) is 0 Å². The van der Waals surface area contributed by atoms with Gasteiger partial charge in [0.15, 0.2) is 0 Å². The van der Waals surface area contributed by atoms with Gasteiger partial charge in [0.2, 0.25) is 0 Å². The van der Waals surface area contributed by atoms with Crippen LogP contribution in [0.1, 0.15) is 51.1 Å². The third-order valence-corrected chi connectivity index (χ3v) is 5.28. The van der Waals surface area contributed by atoms with Crippen molar-refractivity contribution in [2.45, 2.75) is 57.7 Å². The molecule has 1 aromatic carbocycles. The van der Waals surface area contributed by atoms with Crippen LogP contribution in [0.2, 0.25) is 0 Å². The van der Waals surface area contributed by atoms with E-state index in [1.54, 1.807) is 0 Å². The molecule has 2 saturated heterocycles. The monoisotopic (exact) mass is 272 g/mol. The summed E-state index contributed by atoms with van der Waals surface area (Å²) in [6.45, 7) is 8.57. The fraction of sp³-hybridized carbons (Fsp3) is 0.667. The maximum Gasteiger partial charge on any atom is 0.0349 e. The predicted octanol–water partition coefficient (Wildman–Crippen LogP) is 3.70. The van der Waals surface area contributed by atoms with E-state index in [1.165, 1.54) is 50.9 Å². The topological polar surface area (TPSA) is 6.48 Å². The summed E-state index contributed by atoms with van der Waals surface area (Å²) in [6, 6.07) is 13.3. The number of fused-ring (bicyclic) bond motifs is 1. The van der Waals surface area contributed by atoms with Gasteiger partial charge in [-0.25, -0.2) is 0 Å². The maximum absolute atomic E-state index is 2.81.